The van der Waals surface area contributed by atoms with Gasteiger partial charge in [0.05, 0.1) is 11.9 Å². The lowest BCUT2D eigenvalue weighted by molar-refractivity contribution is 0.588. The van der Waals surface area contributed by atoms with Gasteiger partial charge in [0.2, 0.25) is 0 Å². The third kappa shape index (κ3) is 3.09. The van der Waals surface area contributed by atoms with Crippen LogP contribution in [-0.2, 0) is 5.41 Å². The molecule has 2 heteroatoms. The molecule has 1 heterocycles. The highest BCUT2D eigenvalue weighted by Gasteiger charge is 2.21. The summed E-state index contributed by atoms with van der Waals surface area (Å²) in [5.41, 5.74) is 3.40. The molecule has 0 N–H and O–H groups in total. The van der Waals surface area contributed by atoms with Crippen LogP contribution in [0.4, 0.5) is 0 Å². The first-order valence-corrected chi connectivity index (χ1v) is 5.74. The van der Waals surface area contributed by atoms with Crippen LogP contribution in [0, 0.1) is 0 Å². The van der Waals surface area contributed by atoms with Gasteiger partial charge in [-0.2, -0.15) is 5.10 Å². The van der Waals surface area contributed by atoms with Crippen LogP contribution in [0.3, 0.4) is 0 Å². The predicted molar refractivity (Wildman–Crippen MR) is 73.4 cm³/mol. The standard InChI is InChI=1S/C12H18N2.C2H6/c1-7-14-11(9(2)3)10(8-13-14)12(4,5)6;1-2/h7-8H,1-2H2,3-6H3;1-2H3. The molecular weight excluding hydrogens is 196 g/mol. The van der Waals surface area contributed by atoms with E-state index in [-0.39, 0.29) is 5.41 Å². The Morgan fingerprint density at radius 1 is 1.38 bits per heavy atom. The van der Waals surface area contributed by atoms with Crippen LogP contribution >= 0.6 is 0 Å². The molecular formula is C14H24N2. The number of hydrogen-bond donors (Lipinski definition) is 0. The van der Waals surface area contributed by atoms with E-state index in [0.717, 1.165) is 11.3 Å². The van der Waals surface area contributed by atoms with Crippen LogP contribution in [0.2, 0.25) is 0 Å². The fourth-order valence-electron chi connectivity index (χ4n) is 1.47. The molecule has 0 spiro atoms. The van der Waals surface area contributed by atoms with Crippen molar-refractivity contribution in [2.75, 3.05) is 0 Å². The highest BCUT2D eigenvalue weighted by Crippen LogP contribution is 2.29. The van der Waals surface area contributed by atoms with E-state index in [0.29, 0.717) is 0 Å². The van der Waals surface area contributed by atoms with Crippen molar-refractivity contribution in [1.29, 1.82) is 0 Å². The lowest BCUT2D eigenvalue weighted by Gasteiger charge is -2.19. The Hall–Kier alpha value is -1.31. The molecule has 0 aliphatic carbocycles. The van der Waals surface area contributed by atoms with E-state index >= 15 is 0 Å². The van der Waals surface area contributed by atoms with Gasteiger partial charge in [0.1, 0.15) is 0 Å². The first kappa shape index (κ1) is 14.7. The molecule has 2 nitrogen and oxygen atoms in total. The zero-order chi connectivity index (χ0) is 12.9. The first-order chi connectivity index (χ1) is 7.38. The fraction of sp³-hybridized carbons (Fsp3) is 0.500. The molecule has 0 aliphatic heterocycles. The van der Waals surface area contributed by atoms with Crippen LogP contribution in [0.1, 0.15) is 52.8 Å². The minimum atomic E-state index is 0.0928. The Bertz CT molecular complexity index is 365. The molecule has 1 aromatic rings. The monoisotopic (exact) mass is 220 g/mol. The number of aromatic nitrogens is 2. The third-order valence-electron chi connectivity index (χ3n) is 2.18. The van der Waals surface area contributed by atoms with Gasteiger partial charge in [0, 0.05) is 11.8 Å². The molecule has 1 rings (SSSR count). The van der Waals surface area contributed by atoms with Crippen LogP contribution in [0.5, 0.6) is 0 Å². The molecule has 0 amide bonds. The minimum Gasteiger partial charge on any atom is -0.241 e. The molecule has 16 heavy (non-hydrogen) atoms. The van der Waals surface area contributed by atoms with Crippen molar-refractivity contribution in [2.24, 2.45) is 0 Å². The second-order valence-electron chi connectivity index (χ2n) is 4.56. The number of hydrogen-bond acceptors (Lipinski definition) is 1. The van der Waals surface area contributed by atoms with Crippen molar-refractivity contribution in [3.8, 4) is 0 Å². The quantitative estimate of drug-likeness (QED) is 0.725. The van der Waals surface area contributed by atoms with Gasteiger partial charge < -0.3 is 0 Å². The molecule has 0 saturated carbocycles. The van der Waals surface area contributed by atoms with Crippen LogP contribution in [0.15, 0.2) is 19.4 Å². The summed E-state index contributed by atoms with van der Waals surface area (Å²) in [7, 11) is 0. The Kier molecular flexibility index (Phi) is 5.22. The van der Waals surface area contributed by atoms with Crippen LogP contribution in [0.25, 0.3) is 11.8 Å². The Labute approximate surface area is 99.7 Å². The van der Waals surface area contributed by atoms with E-state index in [4.69, 9.17) is 0 Å². The molecule has 0 fully saturated rings. The second kappa shape index (κ2) is 5.69. The van der Waals surface area contributed by atoms with Crippen molar-refractivity contribution >= 4 is 11.8 Å². The maximum absolute atomic E-state index is 4.26. The van der Waals surface area contributed by atoms with E-state index in [9.17, 15) is 0 Å². The van der Waals surface area contributed by atoms with Gasteiger partial charge in [-0.05, 0) is 17.9 Å². The SMILES string of the molecule is C=Cn1ncc(C(C)(C)C)c1C(=C)C.CC. The van der Waals surface area contributed by atoms with E-state index in [2.05, 4.69) is 39.0 Å². The summed E-state index contributed by atoms with van der Waals surface area (Å²) in [6.45, 7) is 20.2. The van der Waals surface area contributed by atoms with Gasteiger partial charge in [0.25, 0.3) is 0 Å². The zero-order valence-corrected chi connectivity index (χ0v) is 11.5. The molecule has 0 saturated heterocycles. The summed E-state index contributed by atoms with van der Waals surface area (Å²) in [4.78, 5) is 0. The van der Waals surface area contributed by atoms with Crippen molar-refractivity contribution in [3.63, 3.8) is 0 Å². The van der Waals surface area contributed by atoms with Gasteiger partial charge in [-0.25, -0.2) is 4.68 Å². The smallest absolute Gasteiger partial charge is 0.0721 e. The average molecular weight is 220 g/mol. The Morgan fingerprint density at radius 2 is 1.88 bits per heavy atom. The summed E-state index contributed by atoms with van der Waals surface area (Å²) in [6, 6.07) is 0. The second-order valence-corrected chi connectivity index (χ2v) is 4.56. The van der Waals surface area contributed by atoms with Crippen molar-refractivity contribution < 1.29 is 0 Å². The van der Waals surface area contributed by atoms with Crippen molar-refractivity contribution in [1.82, 2.24) is 9.78 Å². The average Bonchev–Trinajstić information content (AvgIpc) is 2.63. The minimum absolute atomic E-state index is 0.0928. The number of nitrogens with zero attached hydrogens (tertiary/aromatic N) is 2. The summed E-state index contributed by atoms with van der Waals surface area (Å²) >= 11 is 0. The van der Waals surface area contributed by atoms with E-state index < -0.39 is 0 Å². The predicted octanol–water partition coefficient (Wildman–Crippen LogP) is 4.34. The summed E-state index contributed by atoms with van der Waals surface area (Å²) < 4.78 is 1.78. The molecule has 0 aliphatic rings. The van der Waals surface area contributed by atoms with E-state index in [1.807, 2.05) is 27.0 Å². The lowest BCUT2D eigenvalue weighted by Crippen LogP contribution is -2.13. The first-order valence-electron chi connectivity index (χ1n) is 5.74. The molecule has 0 unspecified atom stereocenters. The molecule has 1 aromatic heterocycles. The van der Waals surface area contributed by atoms with Crippen molar-refractivity contribution in [3.05, 3.63) is 30.6 Å². The lowest BCUT2D eigenvalue weighted by atomic mass is 9.86. The van der Waals surface area contributed by atoms with Gasteiger partial charge in [-0.3, -0.25) is 0 Å². The highest BCUT2D eigenvalue weighted by molar-refractivity contribution is 5.64. The molecule has 0 atom stereocenters. The van der Waals surface area contributed by atoms with Crippen LogP contribution < -0.4 is 0 Å². The molecule has 0 bridgehead atoms. The number of rotatable bonds is 2. The molecule has 0 aromatic carbocycles. The molecule has 0 radical (unpaired) electrons. The highest BCUT2D eigenvalue weighted by atomic mass is 15.3. The largest absolute Gasteiger partial charge is 0.241 e. The summed E-state index contributed by atoms with van der Waals surface area (Å²) in [5, 5.41) is 4.26. The number of allylic oxidation sites excluding steroid dienone is 1. The maximum Gasteiger partial charge on any atom is 0.0721 e. The third-order valence-corrected chi connectivity index (χ3v) is 2.18. The van der Waals surface area contributed by atoms with Crippen LogP contribution in [-0.4, -0.2) is 9.78 Å². The van der Waals surface area contributed by atoms with Crippen molar-refractivity contribution in [2.45, 2.75) is 47.0 Å². The van der Waals surface area contributed by atoms with Gasteiger partial charge >= 0.3 is 0 Å². The summed E-state index contributed by atoms with van der Waals surface area (Å²) in [6.07, 6.45) is 3.60. The van der Waals surface area contributed by atoms with Gasteiger partial charge in [-0.1, -0.05) is 47.8 Å². The van der Waals surface area contributed by atoms with Gasteiger partial charge in [0.15, 0.2) is 0 Å². The zero-order valence-electron chi connectivity index (χ0n) is 11.5. The molecule has 90 valence electrons. The van der Waals surface area contributed by atoms with E-state index in [1.165, 1.54) is 5.56 Å². The Morgan fingerprint density at radius 3 is 2.19 bits per heavy atom. The normalized spacial score (nSPS) is 10.4. The summed E-state index contributed by atoms with van der Waals surface area (Å²) in [5.74, 6) is 0. The fourth-order valence-corrected chi connectivity index (χ4v) is 1.47. The van der Waals surface area contributed by atoms with E-state index in [1.54, 1.807) is 10.9 Å². The van der Waals surface area contributed by atoms with Gasteiger partial charge in [-0.15, -0.1) is 0 Å². The maximum atomic E-state index is 4.26. The Balaban J connectivity index is 0.00000106. The topological polar surface area (TPSA) is 17.8 Å².